The predicted molar refractivity (Wildman–Crippen MR) is 123 cm³/mol. The summed E-state index contributed by atoms with van der Waals surface area (Å²) in [7, 11) is 0. The third-order valence-electron chi connectivity index (χ3n) is 7.31. The highest BCUT2D eigenvalue weighted by Gasteiger charge is 2.44. The largest absolute Gasteiger partial charge is 0.480 e. The summed E-state index contributed by atoms with van der Waals surface area (Å²) in [5, 5.41) is 16.7. The molecular formula is C24H30F3N5O3. The molecular weight excluding hydrogens is 463 g/mol. The molecule has 8 nitrogen and oxygen atoms in total. The van der Waals surface area contributed by atoms with E-state index in [2.05, 4.69) is 10.4 Å². The molecule has 35 heavy (non-hydrogen) atoms. The number of fused-ring (bicyclic) bond motifs is 1. The first-order valence-corrected chi connectivity index (χ1v) is 11.6. The van der Waals surface area contributed by atoms with Crippen LogP contribution < -0.4 is 16.8 Å². The highest BCUT2D eigenvalue weighted by Crippen LogP contribution is 2.42. The van der Waals surface area contributed by atoms with E-state index in [9.17, 15) is 27.9 Å². The number of primary amides is 1. The fourth-order valence-corrected chi connectivity index (χ4v) is 5.38. The minimum absolute atomic E-state index is 0.0926. The SMILES string of the molecule is CC1(C)CCc2c(C(F)(F)F)nn(-c3ccc(C(N)=O)c(NC4([C@H](N)C(=O)O)CCCC4)c3)c2C1. The minimum Gasteiger partial charge on any atom is -0.480 e. The number of nitrogens with one attached hydrogen (secondary N) is 1. The van der Waals surface area contributed by atoms with E-state index in [1.165, 1.54) is 22.9 Å². The van der Waals surface area contributed by atoms with Gasteiger partial charge in [0, 0.05) is 16.9 Å². The van der Waals surface area contributed by atoms with Crippen molar-refractivity contribution >= 4 is 17.6 Å². The molecule has 2 aliphatic carbocycles. The monoisotopic (exact) mass is 493 g/mol. The van der Waals surface area contributed by atoms with Crippen LogP contribution in [0, 0.1) is 5.41 Å². The van der Waals surface area contributed by atoms with Crippen LogP contribution in [0.15, 0.2) is 18.2 Å². The fraction of sp³-hybridized carbons (Fsp3) is 0.542. The number of hydrogen-bond donors (Lipinski definition) is 4. The standard InChI is InChI=1S/C24H30F3N5O3/c1-22(2)10-7-15-17(12-22)32(31-19(15)24(25,26)27)13-5-6-14(20(29)33)16(11-13)30-23(8-3-4-9-23)18(28)21(34)35/h5-6,11,18,30H,3-4,7-10,12,28H2,1-2H3,(H2,29,33)(H,34,35)/t18-/m1/s1. The van der Waals surface area contributed by atoms with Gasteiger partial charge in [0.2, 0.25) is 0 Å². The van der Waals surface area contributed by atoms with Gasteiger partial charge in [-0.15, -0.1) is 0 Å². The van der Waals surface area contributed by atoms with Crippen LogP contribution in [0.4, 0.5) is 18.9 Å². The van der Waals surface area contributed by atoms with Crippen LogP contribution >= 0.6 is 0 Å². The van der Waals surface area contributed by atoms with Crippen molar-refractivity contribution in [1.82, 2.24) is 9.78 Å². The fourth-order valence-electron chi connectivity index (χ4n) is 5.38. The number of hydrogen-bond acceptors (Lipinski definition) is 5. The van der Waals surface area contributed by atoms with Crippen molar-refractivity contribution in [3.8, 4) is 5.69 Å². The second kappa shape index (κ2) is 8.54. The smallest absolute Gasteiger partial charge is 0.435 e. The summed E-state index contributed by atoms with van der Waals surface area (Å²) >= 11 is 0. The van der Waals surface area contributed by atoms with Crippen LogP contribution in [0.1, 0.15) is 73.3 Å². The lowest BCUT2D eigenvalue weighted by molar-refractivity contribution is -0.142. The highest BCUT2D eigenvalue weighted by atomic mass is 19.4. The molecule has 11 heteroatoms. The second-order valence-corrected chi connectivity index (χ2v) is 10.4. The van der Waals surface area contributed by atoms with Crippen LogP contribution in [0.5, 0.6) is 0 Å². The van der Waals surface area contributed by atoms with Crippen LogP contribution in [0.25, 0.3) is 5.69 Å². The maximum atomic E-state index is 13.8. The summed E-state index contributed by atoms with van der Waals surface area (Å²) in [6.45, 7) is 4.00. The molecule has 0 aliphatic heterocycles. The van der Waals surface area contributed by atoms with Gasteiger partial charge in [0.1, 0.15) is 6.04 Å². The first-order chi connectivity index (χ1) is 16.2. The molecule has 0 spiro atoms. The third kappa shape index (κ3) is 4.61. The predicted octanol–water partition coefficient (Wildman–Crippen LogP) is 3.64. The molecule has 1 saturated carbocycles. The number of carbonyl (C=O) groups is 2. The van der Waals surface area contributed by atoms with E-state index in [-0.39, 0.29) is 28.7 Å². The van der Waals surface area contributed by atoms with Gasteiger partial charge in [-0.05, 0) is 55.7 Å². The maximum Gasteiger partial charge on any atom is 0.435 e. The Bertz CT molecular complexity index is 1170. The molecule has 1 amide bonds. The summed E-state index contributed by atoms with van der Waals surface area (Å²) < 4.78 is 42.7. The lowest BCUT2D eigenvalue weighted by Gasteiger charge is -2.35. The number of halogens is 3. The van der Waals surface area contributed by atoms with Gasteiger partial charge in [-0.3, -0.25) is 9.59 Å². The molecule has 0 saturated heterocycles. The zero-order valence-corrected chi connectivity index (χ0v) is 19.7. The second-order valence-electron chi connectivity index (χ2n) is 10.4. The molecule has 6 N–H and O–H groups in total. The Morgan fingerprint density at radius 3 is 2.43 bits per heavy atom. The molecule has 2 aliphatic rings. The summed E-state index contributed by atoms with van der Waals surface area (Å²) in [5.41, 5.74) is 10.8. The Balaban J connectivity index is 1.85. The van der Waals surface area contributed by atoms with Crippen LogP contribution in [0.3, 0.4) is 0 Å². The quantitative estimate of drug-likeness (QED) is 0.485. The Kier molecular flexibility index (Phi) is 6.11. The lowest BCUT2D eigenvalue weighted by atomic mass is 9.76. The highest BCUT2D eigenvalue weighted by molar-refractivity contribution is 5.99. The van der Waals surface area contributed by atoms with Crippen molar-refractivity contribution in [3.63, 3.8) is 0 Å². The van der Waals surface area contributed by atoms with E-state index >= 15 is 0 Å². The molecule has 4 rings (SSSR count). The van der Waals surface area contributed by atoms with Gasteiger partial charge in [-0.25, -0.2) is 4.68 Å². The van der Waals surface area contributed by atoms with Crippen molar-refractivity contribution in [2.45, 2.75) is 76.6 Å². The molecule has 2 aromatic rings. The average molecular weight is 494 g/mol. The number of benzene rings is 1. The summed E-state index contributed by atoms with van der Waals surface area (Å²) in [6.07, 6.45) is -0.908. The maximum absolute atomic E-state index is 13.8. The first kappa shape index (κ1) is 25.0. The molecule has 1 heterocycles. The molecule has 1 fully saturated rings. The van der Waals surface area contributed by atoms with Gasteiger partial charge in [0.05, 0.1) is 16.8 Å². The topological polar surface area (TPSA) is 136 Å². The molecule has 0 radical (unpaired) electrons. The van der Waals surface area contributed by atoms with Gasteiger partial charge >= 0.3 is 12.1 Å². The summed E-state index contributed by atoms with van der Waals surface area (Å²) in [6, 6.07) is 3.18. The van der Waals surface area contributed by atoms with Gasteiger partial charge < -0.3 is 21.9 Å². The number of amides is 1. The Hall–Kier alpha value is -3.08. The summed E-state index contributed by atoms with van der Waals surface area (Å²) in [5.74, 6) is -1.94. The number of anilines is 1. The number of rotatable bonds is 6. The van der Waals surface area contributed by atoms with E-state index in [1.807, 2.05) is 13.8 Å². The van der Waals surface area contributed by atoms with Crippen molar-refractivity contribution in [2.24, 2.45) is 16.9 Å². The van der Waals surface area contributed by atoms with Gasteiger partial charge in [0.25, 0.3) is 5.91 Å². The van der Waals surface area contributed by atoms with Gasteiger partial charge in [-0.1, -0.05) is 26.7 Å². The number of aromatic nitrogens is 2. The lowest BCUT2D eigenvalue weighted by Crippen LogP contribution is -2.56. The van der Waals surface area contributed by atoms with Crippen molar-refractivity contribution in [1.29, 1.82) is 0 Å². The Labute approximate surface area is 200 Å². The molecule has 1 aromatic heterocycles. The van der Waals surface area contributed by atoms with E-state index in [4.69, 9.17) is 11.5 Å². The average Bonchev–Trinajstić information content (AvgIpc) is 3.37. The minimum atomic E-state index is -4.60. The number of carboxylic acid groups (broad SMARTS) is 1. The summed E-state index contributed by atoms with van der Waals surface area (Å²) in [4.78, 5) is 23.9. The number of nitrogens with two attached hydrogens (primary N) is 2. The molecule has 1 atom stereocenters. The Morgan fingerprint density at radius 2 is 1.86 bits per heavy atom. The number of carboxylic acids is 1. The normalized spacial score (nSPS) is 19.7. The van der Waals surface area contributed by atoms with Crippen LogP contribution in [0.2, 0.25) is 0 Å². The van der Waals surface area contributed by atoms with Crippen LogP contribution in [-0.4, -0.2) is 38.3 Å². The molecule has 1 aromatic carbocycles. The van der Waals surface area contributed by atoms with E-state index in [0.29, 0.717) is 37.1 Å². The molecule has 0 unspecified atom stereocenters. The molecule has 0 bridgehead atoms. The van der Waals surface area contributed by atoms with E-state index < -0.39 is 35.3 Å². The molecule has 190 valence electrons. The van der Waals surface area contributed by atoms with Gasteiger partial charge in [0.15, 0.2) is 5.69 Å². The van der Waals surface area contributed by atoms with Gasteiger partial charge in [-0.2, -0.15) is 18.3 Å². The number of carbonyl (C=O) groups excluding carboxylic acids is 1. The van der Waals surface area contributed by atoms with Crippen molar-refractivity contribution < 1.29 is 27.9 Å². The van der Waals surface area contributed by atoms with Crippen LogP contribution in [-0.2, 0) is 23.8 Å². The number of nitrogens with zero attached hydrogens (tertiary/aromatic N) is 2. The third-order valence-corrected chi connectivity index (χ3v) is 7.31. The zero-order valence-electron chi connectivity index (χ0n) is 19.7. The van der Waals surface area contributed by atoms with E-state index in [1.54, 1.807) is 0 Å². The van der Waals surface area contributed by atoms with Crippen molar-refractivity contribution in [2.75, 3.05) is 5.32 Å². The Morgan fingerprint density at radius 1 is 1.20 bits per heavy atom. The zero-order chi connectivity index (χ0) is 25.8. The number of alkyl halides is 3. The van der Waals surface area contributed by atoms with E-state index in [0.717, 1.165) is 12.8 Å². The first-order valence-electron chi connectivity index (χ1n) is 11.6. The number of aliphatic carboxylic acids is 1. The van der Waals surface area contributed by atoms with Crippen molar-refractivity contribution in [3.05, 3.63) is 40.7 Å².